The molecule has 0 aliphatic rings. The van der Waals surface area contributed by atoms with Crippen LogP contribution in [0, 0.1) is 0 Å². The van der Waals surface area contributed by atoms with Gasteiger partial charge in [-0.25, -0.2) is 0 Å². The van der Waals surface area contributed by atoms with E-state index in [0.717, 1.165) is 5.69 Å². The summed E-state index contributed by atoms with van der Waals surface area (Å²) in [5.41, 5.74) is 1.40. The van der Waals surface area contributed by atoms with Gasteiger partial charge in [0.2, 0.25) is 0 Å². The first-order valence-electron chi connectivity index (χ1n) is 5.01. The van der Waals surface area contributed by atoms with Crippen LogP contribution in [0.15, 0.2) is 57.9 Å². The minimum atomic E-state index is -0.0218. The van der Waals surface area contributed by atoms with Gasteiger partial charge in [-0.3, -0.25) is 4.79 Å². The van der Waals surface area contributed by atoms with Crippen LogP contribution in [0.25, 0.3) is 22.4 Å². The van der Waals surface area contributed by atoms with Gasteiger partial charge in [0.25, 0.3) is 0 Å². The van der Waals surface area contributed by atoms with Crippen LogP contribution in [0.3, 0.4) is 0 Å². The molecule has 0 bridgehead atoms. The van der Waals surface area contributed by atoms with Crippen LogP contribution in [0.2, 0.25) is 0 Å². The van der Waals surface area contributed by atoms with Gasteiger partial charge in [-0.05, 0) is 24.3 Å². The Morgan fingerprint density at radius 2 is 1.94 bits per heavy atom. The van der Waals surface area contributed by atoms with Crippen molar-refractivity contribution in [3.05, 3.63) is 58.9 Å². The third kappa shape index (κ3) is 1.34. The monoisotopic (exact) mass is 211 g/mol. The highest BCUT2D eigenvalue weighted by Crippen LogP contribution is 2.19. The first kappa shape index (κ1) is 8.97. The minimum absolute atomic E-state index is 0.0218. The highest BCUT2D eigenvalue weighted by atomic mass is 16.3. The molecule has 1 aromatic carbocycles. The number of fused-ring (bicyclic) bond motifs is 1. The number of aromatic nitrogens is 1. The average molecular weight is 211 g/mol. The molecule has 0 unspecified atom stereocenters. The van der Waals surface area contributed by atoms with Crippen molar-refractivity contribution < 1.29 is 4.42 Å². The summed E-state index contributed by atoms with van der Waals surface area (Å²) in [6.07, 6.45) is 1.80. The molecule has 0 aliphatic heterocycles. The zero-order valence-corrected chi connectivity index (χ0v) is 8.44. The maximum Gasteiger partial charge on any atom is 0.193 e. The van der Waals surface area contributed by atoms with Gasteiger partial charge < -0.3 is 9.40 Å². The normalized spacial score (nSPS) is 10.8. The van der Waals surface area contributed by atoms with Crippen molar-refractivity contribution in [1.29, 1.82) is 0 Å². The number of benzene rings is 1. The molecule has 0 amide bonds. The number of aromatic amines is 1. The maximum atomic E-state index is 11.8. The summed E-state index contributed by atoms with van der Waals surface area (Å²) in [6.45, 7) is 0. The van der Waals surface area contributed by atoms with E-state index in [4.69, 9.17) is 4.42 Å². The third-order valence-corrected chi connectivity index (χ3v) is 2.50. The molecule has 3 rings (SSSR count). The Morgan fingerprint density at radius 3 is 2.75 bits per heavy atom. The van der Waals surface area contributed by atoms with Crippen LogP contribution in [-0.2, 0) is 0 Å². The van der Waals surface area contributed by atoms with Gasteiger partial charge in [0.05, 0.1) is 11.1 Å². The van der Waals surface area contributed by atoms with Crippen molar-refractivity contribution >= 4 is 11.0 Å². The fourth-order valence-corrected chi connectivity index (χ4v) is 1.72. The smallest absolute Gasteiger partial charge is 0.193 e. The van der Waals surface area contributed by atoms with Gasteiger partial charge in [-0.15, -0.1) is 0 Å². The lowest BCUT2D eigenvalue weighted by molar-refractivity contribution is 0.616. The van der Waals surface area contributed by atoms with E-state index in [0.29, 0.717) is 16.7 Å². The fourth-order valence-electron chi connectivity index (χ4n) is 1.72. The van der Waals surface area contributed by atoms with Crippen LogP contribution in [-0.4, -0.2) is 4.98 Å². The summed E-state index contributed by atoms with van der Waals surface area (Å²) in [4.78, 5) is 14.8. The second kappa shape index (κ2) is 3.38. The number of hydrogen-bond donors (Lipinski definition) is 1. The van der Waals surface area contributed by atoms with Gasteiger partial charge in [0, 0.05) is 12.3 Å². The molecule has 1 N–H and O–H groups in total. The van der Waals surface area contributed by atoms with E-state index >= 15 is 0 Å². The lowest BCUT2D eigenvalue weighted by atomic mass is 10.2. The Balaban J connectivity index is 2.34. The summed E-state index contributed by atoms with van der Waals surface area (Å²) >= 11 is 0. The molecule has 0 saturated carbocycles. The Bertz CT molecular complexity index is 680. The summed E-state index contributed by atoms with van der Waals surface area (Å²) < 4.78 is 5.66. The zero-order valence-electron chi connectivity index (χ0n) is 8.44. The van der Waals surface area contributed by atoms with Crippen LogP contribution < -0.4 is 5.43 Å². The molecule has 0 atom stereocenters. The molecule has 78 valence electrons. The van der Waals surface area contributed by atoms with Gasteiger partial charge in [-0.2, -0.15) is 0 Å². The molecular formula is C13H9NO2. The van der Waals surface area contributed by atoms with Crippen molar-refractivity contribution in [1.82, 2.24) is 4.98 Å². The Kier molecular flexibility index (Phi) is 1.90. The summed E-state index contributed by atoms with van der Waals surface area (Å²) in [5.74, 6) is 0.564. The second-order valence-electron chi connectivity index (χ2n) is 3.55. The highest BCUT2D eigenvalue weighted by molar-refractivity contribution is 5.78. The lowest BCUT2D eigenvalue weighted by Crippen LogP contribution is -1.99. The molecule has 0 fully saturated rings. The molecule has 0 aliphatic carbocycles. The largest absolute Gasteiger partial charge is 0.454 e. The number of rotatable bonds is 1. The third-order valence-electron chi connectivity index (χ3n) is 2.50. The highest BCUT2D eigenvalue weighted by Gasteiger charge is 2.06. The summed E-state index contributed by atoms with van der Waals surface area (Å²) in [6, 6.07) is 12.5. The first-order chi connectivity index (χ1) is 7.84. The van der Waals surface area contributed by atoms with E-state index in [-0.39, 0.29) is 5.43 Å². The molecule has 0 radical (unpaired) electrons. The van der Waals surface area contributed by atoms with Crippen LogP contribution in [0.5, 0.6) is 0 Å². The molecule has 3 nitrogen and oxygen atoms in total. The second-order valence-corrected chi connectivity index (χ2v) is 3.55. The van der Waals surface area contributed by atoms with Crippen molar-refractivity contribution in [3.63, 3.8) is 0 Å². The number of nitrogens with one attached hydrogen (secondary N) is 1. The molecule has 2 heterocycles. The van der Waals surface area contributed by atoms with E-state index in [2.05, 4.69) is 4.98 Å². The van der Waals surface area contributed by atoms with Gasteiger partial charge in [-0.1, -0.05) is 12.1 Å². The average Bonchev–Trinajstić information content (AvgIpc) is 2.82. The number of hydrogen-bond acceptors (Lipinski definition) is 2. The molecule has 2 aromatic heterocycles. The minimum Gasteiger partial charge on any atom is -0.454 e. The van der Waals surface area contributed by atoms with Crippen molar-refractivity contribution in [2.75, 3.05) is 0 Å². The molecular weight excluding hydrogens is 202 g/mol. The van der Waals surface area contributed by atoms with Crippen molar-refractivity contribution in [2.24, 2.45) is 0 Å². The molecule has 3 heteroatoms. The SMILES string of the molecule is O=c1cc(-c2ccc[nH]2)oc2ccccc12. The number of para-hydroxylation sites is 1. The quantitative estimate of drug-likeness (QED) is 0.672. The first-order valence-corrected chi connectivity index (χ1v) is 5.01. The van der Waals surface area contributed by atoms with E-state index in [1.165, 1.54) is 6.07 Å². The van der Waals surface area contributed by atoms with E-state index in [1.54, 1.807) is 18.3 Å². The molecule has 0 spiro atoms. The lowest BCUT2D eigenvalue weighted by Gasteiger charge is -2.00. The fraction of sp³-hybridized carbons (Fsp3) is 0. The topological polar surface area (TPSA) is 46.0 Å². The Labute approximate surface area is 91.3 Å². The predicted molar refractivity (Wildman–Crippen MR) is 62.3 cm³/mol. The van der Waals surface area contributed by atoms with Crippen LogP contribution in [0.1, 0.15) is 0 Å². The van der Waals surface area contributed by atoms with Crippen LogP contribution >= 0.6 is 0 Å². The van der Waals surface area contributed by atoms with Gasteiger partial charge in [0.1, 0.15) is 5.58 Å². The molecule has 0 saturated heterocycles. The van der Waals surface area contributed by atoms with Crippen LogP contribution in [0.4, 0.5) is 0 Å². The maximum absolute atomic E-state index is 11.8. The summed E-state index contributed by atoms with van der Waals surface area (Å²) in [5, 5.41) is 0.609. The molecule has 16 heavy (non-hydrogen) atoms. The van der Waals surface area contributed by atoms with E-state index < -0.39 is 0 Å². The zero-order chi connectivity index (χ0) is 11.0. The standard InChI is InChI=1S/C13H9NO2/c15-11-8-13(10-5-3-7-14-10)16-12-6-2-1-4-9(11)12/h1-8,14H. The Morgan fingerprint density at radius 1 is 1.06 bits per heavy atom. The van der Waals surface area contributed by atoms with Crippen molar-refractivity contribution in [3.8, 4) is 11.5 Å². The van der Waals surface area contributed by atoms with Crippen molar-refractivity contribution in [2.45, 2.75) is 0 Å². The predicted octanol–water partition coefficient (Wildman–Crippen LogP) is 2.79. The van der Waals surface area contributed by atoms with E-state index in [9.17, 15) is 4.79 Å². The number of H-pyrrole nitrogens is 1. The van der Waals surface area contributed by atoms with E-state index in [1.807, 2.05) is 24.3 Å². The van der Waals surface area contributed by atoms with Gasteiger partial charge in [0.15, 0.2) is 11.2 Å². The Hall–Kier alpha value is -2.29. The summed E-state index contributed by atoms with van der Waals surface area (Å²) in [7, 11) is 0. The van der Waals surface area contributed by atoms with Gasteiger partial charge >= 0.3 is 0 Å². The molecule has 3 aromatic rings.